The Bertz CT molecular complexity index is 572. The summed E-state index contributed by atoms with van der Waals surface area (Å²) in [6.45, 7) is 8.22. The minimum absolute atomic E-state index is 0.0676. The second-order valence-electron chi connectivity index (χ2n) is 5.58. The van der Waals surface area contributed by atoms with E-state index in [1.807, 2.05) is 12.1 Å². The molecule has 0 aromatic heterocycles. The summed E-state index contributed by atoms with van der Waals surface area (Å²) in [7, 11) is 0. The van der Waals surface area contributed by atoms with Gasteiger partial charge in [-0.25, -0.2) is 0 Å². The van der Waals surface area contributed by atoms with Crippen molar-refractivity contribution >= 4 is 17.6 Å². The number of nitrogens with two attached hydrogens (primary N) is 2. The summed E-state index contributed by atoms with van der Waals surface area (Å²) >= 11 is 0. The van der Waals surface area contributed by atoms with E-state index in [0.717, 1.165) is 0 Å². The van der Waals surface area contributed by atoms with Crippen LogP contribution in [-0.2, 0) is 9.59 Å². The van der Waals surface area contributed by atoms with E-state index >= 15 is 0 Å². The van der Waals surface area contributed by atoms with E-state index in [-0.39, 0.29) is 17.6 Å². The van der Waals surface area contributed by atoms with Gasteiger partial charge >= 0.3 is 0 Å². The number of amides is 2. The molecule has 5 N–H and O–H groups in total. The number of carbonyl (C=O) groups excluding carboxylic acids is 2. The molecule has 150 valence electrons. The first-order chi connectivity index (χ1) is 12.7. The minimum atomic E-state index is -0.0829. The van der Waals surface area contributed by atoms with Crippen LogP contribution in [0.25, 0.3) is 0 Å². The molecule has 0 fully saturated rings. The van der Waals surface area contributed by atoms with Gasteiger partial charge in [0.05, 0.1) is 25.0 Å². The van der Waals surface area contributed by atoms with Gasteiger partial charge in [0.2, 0.25) is 11.8 Å². The molecule has 27 heavy (non-hydrogen) atoms. The molecule has 0 unspecified atom stereocenters. The quantitative estimate of drug-likeness (QED) is 0.214. The molecule has 0 heterocycles. The smallest absolute Gasteiger partial charge is 0.219 e. The summed E-state index contributed by atoms with van der Waals surface area (Å²) in [4.78, 5) is 25.1. The van der Waals surface area contributed by atoms with Gasteiger partial charge in [0.15, 0.2) is 0 Å². The Hall–Kier alpha value is -3.27. The third kappa shape index (κ3) is 16.0. The molecule has 0 aliphatic carbocycles. The van der Waals surface area contributed by atoms with Crippen LogP contribution in [0, 0.1) is 22.7 Å². The van der Waals surface area contributed by atoms with Crippen molar-refractivity contribution in [3.05, 3.63) is 12.3 Å². The summed E-state index contributed by atoms with van der Waals surface area (Å²) in [5.74, 6) is -0.0460. The molecule has 0 bridgehead atoms. The van der Waals surface area contributed by atoms with E-state index in [1.165, 1.54) is 18.7 Å². The first-order valence-electron chi connectivity index (χ1n) is 8.34. The second-order valence-corrected chi connectivity index (χ2v) is 5.58. The zero-order chi connectivity index (χ0) is 21.2. The summed E-state index contributed by atoms with van der Waals surface area (Å²) in [6, 6.07) is 3.91. The number of nitrogens with zero attached hydrogens (tertiary/aromatic N) is 5. The average molecular weight is 379 g/mol. The highest BCUT2D eigenvalue weighted by Gasteiger charge is 2.09. The number of nitriles is 2. The highest BCUT2D eigenvalue weighted by molar-refractivity contribution is 5.80. The maximum absolute atomic E-state index is 11.2. The molecule has 0 aliphatic heterocycles. The van der Waals surface area contributed by atoms with Crippen molar-refractivity contribution in [2.75, 3.05) is 26.2 Å². The Morgan fingerprint density at radius 3 is 1.70 bits per heavy atom. The summed E-state index contributed by atoms with van der Waals surface area (Å²) in [5.41, 5.74) is 11.2. The van der Waals surface area contributed by atoms with Crippen molar-refractivity contribution < 1.29 is 14.8 Å². The van der Waals surface area contributed by atoms with E-state index in [9.17, 15) is 9.59 Å². The lowest BCUT2D eigenvalue weighted by Gasteiger charge is -2.20. The molecule has 0 aromatic carbocycles. The first kappa shape index (κ1) is 26.0. The zero-order valence-corrected chi connectivity index (χ0v) is 16.0. The van der Waals surface area contributed by atoms with Gasteiger partial charge in [-0.1, -0.05) is 11.7 Å². The lowest BCUT2D eigenvalue weighted by molar-refractivity contribution is -0.129. The number of rotatable bonds is 10. The molecule has 2 amide bonds. The molecule has 10 nitrogen and oxygen atoms in total. The number of hydrogen-bond acceptors (Lipinski definition) is 7. The highest BCUT2D eigenvalue weighted by atomic mass is 16.4. The third-order valence-corrected chi connectivity index (χ3v) is 3.35. The van der Waals surface area contributed by atoms with E-state index in [0.29, 0.717) is 57.6 Å². The summed E-state index contributed by atoms with van der Waals surface area (Å²) < 4.78 is 0. The van der Waals surface area contributed by atoms with Crippen LogP contribution in [0.2, 0.25) is 0 Å². The normalized spacial score (nSPS) is 9.85. The van der Waals surface area contributed by atoms with E-state index in [2.05, 4.69) is 11.7 Å². The van der Waals surface area contributed by atoms with Crippen molar-refractivity contribution in [3.8, 4) is 12.1 Å². The highest BCUT2D eigenvalue weighted by Crippen LogP contribution is 1.98. The first-order valence-corrected chi connectivity index (χ1v) is 8.34. The van der Waals surface area contributed by atoms with Gasteiger partial charge in [0.25, 0.3) is 0 Å². The molecule has 0 aliphatic rings. The molecule has 0 saturated heterocycles. The van der Waals surface area contributed by atoms with Crippen molar-refractivity contribution in [2.24, 2.45) is 16.6 Å². The van der Waals surface area contributed by atoms with Crippen LogP contribution < -0.4 is 11.5 Å². The van der Waals surface area contributed by atoms with Crippen LogP contribution in [0.5, 0.6) is 0 Å². The molecular formula is C17H29N7O3. The standard InChI is InChI=1S/C9H18N4O2.C8H11N3O/c1-7(10)3-5-13(8(2)14)6-4-9(11)12-15;1-8(12)11(6-2-4-9)7-3-5-10/h15H,1,3-6,10H2,2H3,(H2,11,12);2-3,6-7H2,1H3. The van der Waals surface area contributed by atoms with Gasteiger partial charge in [0, 0.05) is 58.6 Å². The maximum Gasteiger partial charge on any atom is 0.219 e. The Labute approximate surface area is 160 Å². The predicted octanol–water partition coefficient (Wildman–Crippen LogP) is 0.496. The molecule has 0 spiro atoms. The topological polar surface area (TPSA) is 173 Å². The van der Waals surface area contributed by atoms with Gasteiger partial charge < -0.3 is 26.5 Å². The summed E-state index contributed by atoms with van der Waals surface area (Å²) in [5, 5.41) is 27.7. The van der Waals surface area contributed by atoms with Crippen molar-refractivity contribution in [2.45, 2.75) is 39.5 Å². The molecule has 0 atom stereocenters. The third-order valence-electron chi connectivity index (χ3n) is 3.35. The van der Waals surface area contributed by atoms with E-state index < -0.39 is 0 Å². The van der Waals surface area contributed by atoms with Crippen LogP contribution in [0.3, 0.4) is 0 Å². The molecule has 0 saturated carbocycles. The fourth-order valence-corrected chi connectivity index (χ4v) is 1.80. The predicted molar refractivity (Wildman–Crippen MR) is 101 cm³/mol. The maximum atomic E-state index is 11.2. The van der Waals surface area contributed by atoms with Crippen molar-refractivity contribution in [3.63, 3.8) is 0 Å². The number of oxime groups is 1. The van der Waals surface area contributed by atoms with E-state index in [4.69, 9.17) is 27.2 Å². The lowest BCUT2D eigenvalue weighted by atomic mass is 10.3. The average Bonchev–Trinajstić information content (AvgIpc) is 2.61. The molecule has 0 aromatic rings. The largest absolute Gasteiger partial charge is 0.409 e. The number of amidine groups is 1. The molecule has 0 radical (unpaired) electrons. The zero-order valence-electron chi connectivity index (χ0n) is 16.0. The second kappa shape index (κ2) is 16.2. The van der Waals surface area contributed by atoms with Gasteiger partial charge in [-0.3, -0.25) is 9.59 Å². The van der Waals surface area contributed by atoms with Crippen molar-refractivity contribution in [1.29, 1.82) is 10.5 Å². The van der Waals surface area contributed by atoms with E-state index in [1.54, 1.807) is 4.90 Å². The number of carbonyl (C=O) groups is 2. The van der Waals surface area contributed by atoms with Gasteiger partial charge in [-0.05, 0) is 0 Å². The number of hydrogen-bond donors (Lipinski definition) is 3. The SMILES string of the molecule is C=C(N)CCN(CC/C(N)=N\O)C(C)=O.CC(=O)N(CCC#N)CCC#N. The monoisotopic (exact) mass is 379 g/mol. The Balaban J connectivity index is 0. The molecular weight excluding hydrogens is 350 g/mol. The minimum Gasteiger partial charge on any atom is -0.409 e. The Morgan fingerprint density at radius 2 is 1.37 bits per heavy atom. The van der Waals surface area contributed by atoms with Gasteiger partial charge in [-0.15, -0.1) is 0 Å². The fraction of sp³-hybridized carbons (Fsp3) is 0.588. The Morgan fingerprint density at radius 1 is 0.963 bits per heavy atom. The molecule has 0 rings (SSSR count). The molecule has 10 heteroatoms. The summed E-state index contributed by atoms with van der Waals surface area (Å²) in [6.07, 6.45) is 1.54. The van der Waals surface area contributed by atoms with Crippen LogP contribution in [-0.4, -0.2) is 58.8 Å². The fourth-order valence-electron chi connectivity index (χ4n) is 1.80. The van der Waals surface area contributed by atoms with Crippen LogP contribution in [0.1, 0.15) is 39.5 Å². The van der Waals surface area contributed by atoms with Gasteiger partial charge in [-0.2, -0.15) is 10.5 Å². The van der Waals surface area contributed by atoms with Crippen LogP contribution in [0.15, 0.2) is 17.4 Å². The lowest BCUT2D eigenvalue weighted by Crippen LogP contribution is -2.33. The van der Waals surface area contributed by atoms with Crippen LogP contribution in [0.4, 0.5) is 0 Å². The van der Waals surface area contributed by atoms with Crippen LogP contribution >= 0.6 is 0 Å². The van der Waals surface area contributed by atoms with Gasteiger partial charge in [0.1, 0.15) is 5.84 Å². The Kier molecular flexibility index (Phi) is 15.6. The van der Waals surface area contributed by atoms with Crippen molar-refractivity contribution in [1.82, 2.24) is 9.80 Å².